The number of carbonyl (C=O) groups excluding carboxylic acids is 2. The maximum Gasteiger partial charge on any atom is 0.162 e. The summed E-state index contributed by atoms with van der Waals surface area (Å²) in [5, 5.41) is 0. The Labute approximate surface area is 184 Å². The van der Waals surface area contributed by atoms with Gasteiger partial charge in [0.15, 0.2) is 6.29 Å². The second kappa shape index (κ2) is 11.7. The normalized spacial score (nSPS) is 29.8. The van der Waals surface area contributed by atoms with Gasteiger partial charge in [-0.15, -0.1) is 0 Å². The van der Waals surface area contributed by atoms with Crippen LogP contribution >= 0.6 is 0 Å². The second-order valence-electron chi connectivity index (χ2n) is 9.87. The summed E-state index contributed by atoms with van der Waals surface area (Å²) in [7, 11) is 5.83. The lowest BCUT2D eigenvalue weighted by Gasteiger charge is -2.47. The molecule has 8 atom stereocenters. The molecule has 6 nitrogen and oxygen atoms in total. The summed E-state index contributed by atoms with van der Waals surface area (Å²) in [5.41, 5.74) is -0.668. The van der Waals surface area contributed by atoms with Gasteiger partial charge in [-0.25, -0.2) is 0 Å². The molecule has 176 valence electrons. The highest BCUT2D eigenvalue weighted by atomic mass is 16.7. The van der Waals surface area contributed by atoms with Gasteiger partial charge in [0.25, 0.3) is 0 Å². The van der Waals surface area contributed by atoms with Gasteiger partial charge in [-0.2, -0.15) is 0 Å². The molecule has 0 aromatic carbocycles. The van der Waals surface area contributed by atoms with Crippen molar-refractivity contribution in [2.75, 3.05) is 21.2 Å². The van der Waals surface area contributed by atoms with Crippen LogP contribution in [-0.4, -0.2) is 67.8 Å². The van der Waals surface area contributed by atoms with Crippen LogP contribution in [0.1, 0.15) is 74.1 Å². The standard InChI is InChI=1S/C24H45NO5/c1-11-15(2)14-24(7,28-10)22(19(6)21(27)12-16(3)26)30-23-18(5)20(25(8)9)13-17(4)29-23/h15,17-20,22-23H,11-14H2,1-10H3/t15-,17?,18?,19-,20?,22+,23-,24+/m0/s1. The Kier molecular flexibility index (Phi) is 10.6. The van der Waals surface area contributed by atoms with Crippen molar-refractivity contribution in [1.29, 1.82) is 0 Å². The molecule has 1 saturated heterocycles. The SMILES string of the molecule is CC[C@H](C)C[C@@](C)(OC)[C@H](O[C@@H]1OC(C)CC(N(C)C)C1C)[C@@H](C)C(=O)CC(C)=O. The van der Waals surface area contributed by atoms with Crippen molar-refractivity contribution in [3.05, 3.63) is 0 Å². The van der Waals surface area contributed by atoms with E-state index in [0.29, 0.717) is 12.0 Å². The maximum atomic E-state index is 12.9. The zero-order chi connectivity index (χ0) is 23.2. The van der Waals surface area contributed by atoms with E-state index in [2.05, 4.69) is 46.7 Å². The monoisotopic (exact) mass is 427 g/mol. The molecule has 0 saturated carbocycles. The van der Waals surface area contributed by atoms with Crippen LogP contribution in [0.5, 0.6) is 0 Å². The van der Waals surface area contributed by atoms with Crippen molar-refractivity contribution in [3.63, 3.8) is 0 Å². The molecule has 0 amide bonds. The third-order valence-corrected chi connectivity index (χ3v) is 6.82. The molecule has 0 aromatic rings. The Morgan fingerprint density at radius 3 is 2.30 bits per heavy atom. The number of hydrogen-bond acceptors (Lipinski definition) is 6. The van der Waals surface area contributed by atoms with Crippen molar-refractivity contribution in [3.8, 4) is 0 Å². The molecule has 3 unspecified atom stereocenters. The fourth-order valence-electron chi connectivity index (χ4n) is 4.64. The highest BCUT2D eigenvalue weighted by Gasteiger charge is 2.46. The first-order valence-corrected chi connectivity index (χ1v) is 11.4. The van der Waals surface area contributed by atoms with E-state index in [0.717, 1.165) is 19.3 Å². The molecule has 0 aromatic heterocycles. The van der Waals surface area contributed by atoms with Gasteiger partial charge in [-0.05, 0) is 53.6 Å². The number of methoxy groups -OCH3 is 1. The number of ketones is 2. The van der Waals surface area contributed by atoms with E-state index in [1.807, 2.05) is 13.8 Å². The number of rotatable bonds is 12. The van der Waals surface area contributed by atoms with Crippen LogP contribution in [0, 0.1) is 17.8 Å². The predicted octanol–water partition coefficient (Wildman–Crippen LogP) is 4.10. The van der Waals surface area contributed by atoms with Crippen molar-refractivity contribution in [2.45, 2.75) is 104 Å². The molecular weight excluding hydrogens is 382 g/mol. The first-order chi connectivity index (χ1) is 13.9. The topological polar surface area (TPSA) is 65.1 Å². The quantitative estimate of drug-likeness (QED) is 0.437. The van der Waals surface area contributed by atoms with Gasteiger partial charge in [0, 0.05) is 25.0 Å². The Morgan fingerprint density at radius 1 is 1.23 bits per heavy atom. The Bertz CT molecular complexity index is 566. The van der Waals surface area contributed by atoms with Crippen LogP contribution in [0.4, 0.5) is 0 Å². The van der Waals surface area contributed by atoms with E-state index in [9.17, 15) is 9.59 Å². The van der Waals surface area contributed by atoms with Crippen molar-refractivity contribution < 1.29 is 23.8 Å². The largest absolute Gasteiger partial charge is 0.376 e. The van der Waals surface area contributed by atoms with Crippen LogP contribution in [0.15, 0.2) is 0 Å². The van der Waals surface area contributed by atoms with Crippen LogP contribution in [-0.2, 0) is 23.8 Å². The average molecular weight is 428 g/mol. The van der Waals surface area contributed by atoms with Gasteiger partial charge in [0.05, 0.1) is 24.2 Å². The fraction of sp³-hybridized carbons (Fsp3) is 0.917. The molecule has 1 heterocycles. The first kappa shape index (κ1) is 27.2. The van der Waals surface area contributed by atoms with Gasteiger partial charge in [0.1, 0.15) is 11.6 Å². The zero-order valence-electron chi connectivity index (χ0n) is 20.9. The lowest BCUT2D eigenvalue weighted by molar-refractivity contribution is -0.280. The summed E-state index contributed by atoms with van der Waals surface area (Å²) < 4.78 is 18.8. The third kappa shape index (κ3) is 7.11. The molecule has 0 N–H and O–H groups in total. The number of carbonyl (C=O) groups is 2. The molecular formula is C24H45NO5. The molecule has 1 aliphatic heterocycles. The maximum absolute atomic E-state index is 12.9. The number of Topliss-reactive ketones (excluding diaryl/α,β-unsaturated/α-hetero) is 2. The van der Waals surface area contributed by atoms with E-state index in [1.165, 1.54) is 6.92 Å². The number of nitrogens with zero attached hydrogens (tertiary/aromatic N) is 1. The molecule has 0 spiro atoms. The Morgan fingerprint density at radius 2 is 1.83 bits per heavy atom. The van der Waals surface area contributed by atoms with Crippen molar-refractivity contribution >= 4 is 11.6 Å². The summed E-state index contributed by atoms with van der Waals surface area (Å²) in [6, 6.07) is 0.325. The summed E-state index contributed by atoms with van der Waals surface area (Å²) >= 11 is 0. The third-order valence-electron chi connectivity index (χ3n) is 6.82. The molecule has 0 bridgehead atoms. The van der Waals surface area contributed by atoms with Gasteiger partial charge in [-0.1, -0.05) is 34.1 Å². The first-order valence-electron chi connectivity index (χ1n) is 11.4. The summed E-state index contributed by atoms with van der Waals surface area (Å²) in [4.78, 5) is 26.7. The number of hydrogen-bond donors (Lipinski definition) is 0. The predicted molar refractivity (Wildman–Crippen MR) is 119 cm³/mol. The minimum atomic E-state index is -0.668. The minimum absolute atomic E-state index is 0.0610. The minimum Gasteiger partial charge on any atom is -0.376 e. The summed E-state index contributed by atoms with van der Waals surface area (Å²) in [5.74, 6) is -0.169. The van der Waals surface area contributed by atoms with Gasteiger partial charge in [0.2, 0.25) is 0 Å². The van der Waals surface area contributed by atoms with E-state index >= 15 is 0 Å². The van der Waals surface area contributed by atoms with E-state index in [-0.39, 0.29) is 30.0 Å². The highest BCUT2D eigenvalue weighted by Crippen LogP contribution is 2.37. The highest BCUT2D eigenvalue weighted by molar-refractivity contribution is 5.99. The Hall–Kier alpha value is -0.820. The summed E-state index contributed by atoms with van der Waals surface area (Å²) in [6.45, 7) is 13.8. The van der Waals surface area contributed by atoms with Crippen LogP contribution in [0.3, 0.4) is 0 Å². The molecule has 0 aliphatic carbocycles. The van der Waals surface area contributed by atoms with E-state index < -0.39 is 23.9 Å². The smallest absolute Gasteiger partial charge is 0.162 e. The van der Waals surface area contributed by atoms with Gasteiger partial charge >= 0.3 is 0 Å². The van der Waals surface area contributed by atoms with Crippen LogP contribution in [0.2, 0.25) is 0 Å². The molecule has 1 fully saturated rings. The zero-order valence-corrected chi connectivity index (χ0v) is 20.9. The van der Waals surface area contributed by atoms with Crippen molar-refractivity contribution in [1.82, 2.24) is 4.90 Å². The van der Waals surface area contributed by atoms with Crippen LogP contribution < -0.4 is 0 Å². The Balaban J connectivity index is 3.24. The average Bonchev–Trinajstić information content (AvgIpc) is 2.66. The van der Waals surface area contributed by atoms with Gasteiger partial charge < -0.3 is 19.1 Å². The molecule has 6 heteroatoms. The lowest BCUT2D eigenvalue weighted by atomic mass is 9.79. The van der Waals surface area contributed by atoms with E-state index in [1.54, 1.807) is 7.11 Å². The molecule has 1 rings (SSSR count). The molecule has 30 heavy (non-hydrogen) atoms. The van der Waals surface area contributed by atoms with Gasteiger partial charge in [-0.3, -0.25) is 9.59 Å². The van der Waals surface area contributed by atoms with E-state index in [4.69, 9.17) is 14.2 Å². The molecule has 1 aliphatic rings. The fourth-order valence-corrected chi connectivity index (χ4v) is 4.64. The second-order valence-corrected chi connectivity index (χ2v) is 9.87. The molecule has 0 radical (unpaired) electrons. The number of ether oxygens (including phenoxy) is 3. The lowest BCUT2D eigenvalue weighted by Crippen LogP contribution is -2.56. The van der Waals surface area contributed by atoms with Crippen LogP contribution in [0.25, 0.3) is 0 Å². The summed E-state index contributed by atoms with van der Waals surface area (Å²) in [6.07, 6.45) is 1.74. The van der Waals surface area contributed by atoms with Crippen molar-refractivity contribution in [2.24, 2.45) is 17.8 Å².